The molecule has 5 rings (SSSR count). The van der Waals surface area contributed by atoms with Gasteiger partial charge >= 0.3 is 0 Å². The number of nitrogens with zero attached hydrogens (tertiary/aromatic N) is 5. The summed E-state index contributed by atoms with van der Waals surface area (Å²) in [5.41, 5.74) is 2.17. The first-order valence-electron chi connectivity index (χ1n) is 11.0. The minimum Gasteiger partial charge on any atom is -0.495 e. The summed E-state index contributed by atoms with van der Waals surface area (Å²) in [6.45, 7) is 3.63. The van der Waals surface area contributed by atoms with Gasteiger partial charge < -0.3 is 20.3 Å². The zero-order valence-corrected chi connectivity index (χ0v) is 19.8. The molecule has 0 radical (unpaired) electrons. The summed E-state index contributed by atoms with van der Waals surface area (Å²) in [4.78, 5) is 6.57. The van der Waals surface area contributed by atoms with Gasteiger partial charge in [0.2, 0.25) is 0 Å². The van der Waals surface area contributed by atoms with Crippen molar-refractivity contribution in [3.8, 4) is 11.8 Å². The van der Waals surface area contributed by atoms with Crippen LogP contribution < -0.4 is 20.3 Å². The minimum absolute atomic E-state index is 0.0558. The topological polar surface area (TPSA) is 125 Å². The fourth-order valence-electron chi connectivity index (χ4n) is 4.10. The molecule has 1 saturated heterocycles. The van der Waals surface area contributed by atoms with Gasteiger partial charge in [-0.05, 0) is 24.3 Å². The van der Waals surface area contributed by atoms with Gasteiger partial charge in [0.1, 0.15) is 22.5 Å². The van der Waals surface area contributed by atoms with Crippen molar-refractivity contribution in [3.63, 3.8) is 0 Å². The first-order valence-corrected chi connectivity index (χ1v) is 12.4. The van der Waals surface area contributed by atoms with Crippen molar-refractivity contribution in [2.45, 2.75) is 4.90 Å². The highest BCUT2D eigenvalue weighted by Crippen LogP contribution is 2.33. The van der Waals surface area contributed by atoms with E-state index in [9.17, 15) is 13.7 Å². The predicted molar refractivity (Wildman–Crippen MR) is 133 cm³/mol. The summed E-state index contributed by atoms with van der Waals surface area (Å²) < 4.78 is 33.2. The highest BCUT2D eigenvalue weighted by atomic mass is 32.2. The number of pyridine rings is 1. The second kappa shape index (κ2) is 9.25. The van der Waals surface area contributed by atoms with Crippen LogP contribution in [0.25, 0.3) is 10.9 Å². The number of nitriles is 1. The Morgan fingerprint density at radius 2 is 1.91 bits per heavy atom. The van der Waals surface area contributed by atoms with Crippen LogP contribution in [0.2, 0.25) is 0 Å². The van der Waals surface area contributed by atoms with Gasteiger partial charge in [0.15, 0.2) is 0 Å². The second-order valence-corrected chi connectivity index (χ2v) is 9.71. The van der Waals surface area contributed by atoms with Crippen LogP contribution in [-0.4, -0.2) is 55.9 Å². The number of nitrogens with one attached hydrogen (secondary N) is 2. The Bertz CT molecular complexity index is 1540. The van der Waals surface area contributed by atoms with Gasteiger partial charge in [0, 0.05) is 55.6 Å². The molecule has 178 valence electrons. The molecule has 0 spiro atoms. The van der Waals surface area contributed by atoms with Crippen LogP contribution in [0.15, 0.2) is 65.8 Å². The van der Waals surface area contributed by atoms with E-state index in [0.717, 1.165) is 47.4 Å². The lowest BCUT2D eigenvalue weighted by molar-refractivity contribution is 0.413. The van der Waals surface area contributed by atoms with E-state index in [4.69, 9.17) is 4.74 Å². The van der Waals surface area contributed by atoms with Crippen LogP contribution >= 0.6 is 0 Å². The number of benzene rings is 2. The van der Waals surface area contributed by atoms with E-state index in [0.29, 0.717) is 16.7 Å². The summed E-state index contributed by atoms with van der Waals surface area (Å²) >= 11 is 0. The fraction of sp³-hybridized carbons (Fsp3) is 0.208. The zero-order valence-electron chi connectivity index (χ0n) is 19.0. The summed E-state index contributed by atoms with van der Waals surface area (Å²) in [5.74, 6) is 1.18. The fourth-order valence-corrected chi connectivity index (χ4v) is 5.52. The molecule has 0 atom stereocenters. The van der Waals surface area contributed by atoms with Crippen molar-refractivity contribution >= 4 is 38.1 Å². The lowest BCUT2D eigenvalue weighted by Crippen LogP contribution is -2.43. The lowest BCUT2D eigenvalue weighted by atomic mass is 10.2. The molecule has 11 heteroatoms. The number of rotatable bonds is 6. The van der Waals surface area contributed by atoms with Crippen molar-refractivity contribution in [2.24, 2.45) is 0 Å². The predicted octanol–water partition coefficient (Wildman–Crippen LogP) is 2.70. The third kappa shape index (κ3) is 4.25. The standard InChI is InChI=1S/C24H23N7O3S/c1-34-22-12-19(6-7-20(22)30-10-8-26-9-11-30)29-24-13-21-18(15-27-24)16-28-31(21)35(32,33)23-5-3-2-4-17(23)14-25/h2-7,12-13,15-16,26H,8-11H2,1H3,(H,27,29). The van der Waals surface area contributed by atoms with Gasteiger partial charge in [-0.15, -0.1) is 0 Å². The van der Waals surface area contributed by atoms with Crippen LogP contribution in [0, 0.1) is 11.3 Å². The SMILES string of the molecule is COc1cc(Nc2cc3c(cn2)cnn3S(=O)(=O)c2ccccc2C#N)ccc1N1CCNCC1. The normalized spacial score (nSPS) is 14.0. The molecule has 1 aliphatic heterocycles. The van der Waals surface area contributed by atoms with Crippen molar-refractivity contribution < 1.29 is 13.2 Å². The largest absolute Gasteiger partial charge is 0.495 e. The van der Waals surface area contributed by atoms with E-state index in [-0.39, 0.29) is 10.5 Å². The summed E-state index contributed by atoms with van der Waals surface area (Å²) in [6, 6.07) is 15.4. The van der Waals surface area contributed by atoms with E-state index >= 15 is 0 Å². The van der Waals surface area contributed by atoms with Crippen LogP contribution in [0.5, 0.6) is 5.75 Å². The molecule has 2 N–H and O–H groups in total. The molecule has 0 aliphatic carbocycles. The molecule has 10 nitrogen and oxygen atoms in total. The number of methoxy groups -OCH3 is 1. The molecule has 2 aromatic heterocycles. The Hall–Kier alpha value is -4.14. The Morgan fingerprint density at radius 1 is 1.11 bits per heavy atom. The van der Waals surface area contributed by atoms with Crippen molar-refractivity contribution in [2.75, 3.05) is 43.5 Å². The highest BCUT2D eigenvalue weighted by Gasteiger charge is 2.24. The van der Waals surface area contributed by atoms with E-state index in [1.165, 1.54) is 18.3 Å². The number of hydrogen-bond donors (Lipinski definition) is 2. The molecular weight excluding hydrogens is 466 g/mol. The van der Waals surface area contributed by atoms with Gasteiger partial charge in [-0.25, -0.2) is 4.98 Å². The molecule has 0 saturated carbocycles. The quantitative estimate of drug-likeness (QED) is 0.420. The molecule has 0 bridgehead atoms. The van der Waals surface area contributed by atoms with Crippen LogP contribution in [0.3, 0.4) is 0 Å². The minimum atomic E-state index is -4.09. The average Bonchev–Trinajstić information content (AvgIpc) is 3.33. The van der Waals surface area contributed by atoms with Crippen molar-refractivity contribution in [1.29, 1.82) is 5.26 Å². The molecule has 0 unspecified atom stereocenters. The molecule has 1 aliphatic rings. The lowest BCUT2D eigenvalue weighted by Gasteiger charge is -2.30. The first-order chi connectivity index (χ1) is 17.0. The summed E-state index contributed by atoms with van der Waals surface area (Å²) in [7, 11) is -2.45. The van der Waals surface area contributed by atoms with Crippen LogP contribution in [-0.2, 0) is 10.0 Å². The van der Waals surface area contributed by atoms with Crippen LogP contribution in [0.4, 0.5) is 17.2 Å². The summed E-state index contributed by atoms with van der Waals surface area (Å²) in [6.07, 6.45) is 2.99. The Balaban J connectivity index is 1.48. The third-order valence-corrected chi connectivity index (χ3v) is 7.50. The van der Waals surface area contributed by atoms with Gasteiger partial charge in [0.05, 0.1) is 30.1 Å². The molecule has 4 aromatic rings. The number of piperazine rings is 1. The monoisotopic (exact) mass is 489 g/mol. The maximum absolute atomic E-state index is 13.3. The third-order valence-electron chi connectivity index (χ3n) is 5.84. The molecule has 3 heterocycles. The maximum atomic E-state index is 13.3. The van der Waals surface area contributed by atoms with Crippen molar-refractivity contribution in [1.82, 2.24) is 19.5 Å². The van der Waals surface area contributed by atoms with Crippen molar-refractivity contribution in [3.05, 3.63) is 66.5 Å². The number of fused-ring (bicyclic) bond motifs is 1. The highest BCUT2D eigenvalue weighted by molar-refractivity contribution is 7.90. The Kier molecular flexibility index (Phi) is 5.98. The molecule has 1 fully saturated rings. The Labute approximate surface area is 202 Å². The second-order valence-electron chi connectivity index (χ2n) is 7.98. The molecule has 0 amide bonds. The summed E-state index contributed by atoms with van der Waals surface area (Å²) in [5, 5.41) is 20.6. The number of anilines is 3. The van der Waals surface area contributed by atoms with E-state index in [1.54, 1.807) is 31.5 Å². The van der Waals surface area contributed by atoms with E-state index in [2.05, 4.69) is 25.6 Å². The number of aromatic nitrogens is 3. The van der Waals surface area contributed by atoms with Gasteiger partial charge in [-0.3, -0.25) is 0 Å². The molecular formula is C24H23N7O3S. The number of ether oxygens (including phenoxy) is 1. The first kappa shape index (κ1) is 22.6. The van der Waals surface area contributed by atoms with Gasteiger partial charge in [-0.1, -0.05) is 12.1 Å². The van der Waals surface area contributed by atoms with Gasteiger partial charge in [-0.2, -0.15) is 22.9 Å². The van der Waals surface area contributed by atoms with E-state index < -0.39 is 10.0 Å². The smallest absolute Gasteiger partial charge is 0.284 e. The average molecular weight is 490 g/mol. The molecule has 35 heavy (non-hydrogen) atoms. The van der Waals surface area contributed by atoms with Crippen LogP contribution in [0.1, 0.15) is 5.56 Å². The number of hydrogen-bond acceptors (Lipinski definition) is 9. The van der Waals surface area contributed by atoms with Gasteiger partial charge in [0.25, 0.3) is 10.0 Å². The molecule has 2 aromatic carbocycles. The Morgan fingerprint density at radius 3 is 2.69 bits per heavy atom. The zero-order chi connectivity index (χ0) is 24.4. The maximum Gasteiger partial charge on any atom is 0.284 e. The van der Waals surface area contributed by atoms with E-state index in [1.807, 2.05) is 24.3 Å².